The van der Waals surface area contributed by atoms with Crippen LogP contribution in [0.1, 0.15) is 0 Å². The lowest BCUT2D eigenvalue weighted by atomic mass is 11.8. The highest BCUT2D eigenvalue weighted by atomic mass is 35.5. The van der Waals surface area contributed by atoms with Crippen molar-refractivity contribution in [2.45, 2.75) is 0 Å². The van der Waals surface area contributed by atoms with E-state index in [2.05, 4.69) is 0 Å². The van der Waals surface area contributed by atoms with Crippen molar-refractivity contribution in [3.05, 3.63) is 0 Å². The Kier molecular flexibility index (Phi) is 13.9. The van der Waals surface area contributed by atoms with Crippen LogP contribution in [0.5, 0.6) is 0 Å². The molecule has 11 heavy (non-hydrogen) atoms. The predicted molar refractivity (Wildman–Crippen MR) is 52.4 cm³/mol. The highest BCUT2D eigenvalue weighted by molar-refractivity contribution is 6.53. The van der Waals surface area contributed by atoms with Gasteiger partial charge in [0.05, 0.1) is 0 Å². The van der Waals surface area contributed by atoms with Gasteiger partial charge in [-0.2, -0.15) is 0 Å². The van der Waals surface area contributed by atoms with Crippen LogP contribution in [0.2, 0.25) is 0 Å². The average molecular weight is 221 g/mol. The molecule has 0 heterocycles. The van der Waals surface area contributed by atoms with E-state index in [9.17, 15) is 0 Å². The topological polar surface area (TPSA) is 36.9 Å². The summed E-state index contributed by atoms with van der Waals surface area (Å²) in [4.78, 5) is 0. The molecule has 4 nitrogen and oxygen atoms in total. The van der Waals surface area contributed by atoms with Crippen molar-refractivity contribution < 1.29 is 17.7 Å². The Hall–Kier alpha value is 0.564. The van der Waals surface area contributed by atoms with Gasteiger partial charge in [0.25, 0.3) is 0 Å². The summed E-state index contributed by atoms with van der Waals surface area (Å²) >= 11 is 0. The van der Waals surface area contributed by atoms with Gasteiger partial charge in [-0.05, 0) is 11.0 Å². The smallest absolute Gasteiger partial charge is 0.355 e. The van der Waals surface area contributed by atoms with Gasteiger partial charge in [0.1, 0.15) is 0 Å². The average Bonchev–Trinajstić information content (AvgIpc) is 1.95. The molecule has 7 heteroatoms. The fourth-order valence-electron chi connectivity index (χ4n) is 0.500. The molecule has 0 rings (SSSR count). The van der Waals surface area contributed by atoms with Crippen LogP contribution in [0, 0.1) is 0 Å². The molecule has 0 radical (unpaired) electrons. The molecule has 0 fully saturated rings. The number of rotatable bonds is 4. The summed E-state index contributed by atoms with van der Waals surface area (Å²) in [6.45, 7) is 0. The summed E-state index contributed by atoms with van der Waals surface area (Å²) in [5.74, 6) is 0. The first kappa shape index (κ1) is 17.6. The minimum absolute atomic E-state index is 0. The van der Waals surface area contributed by atoms with Crippen LogP contribution in [0.4, 0.5) is 0 Å². The van der Waals surface area contributed by atoms with Gasteiger partial charge in [0.2, 0.25) is 0 Å². The van der Waals surface area contributed by atoms with Gasteiger partial charge in [0.15, 0.2) is 0 Å². The highest BCUT2D eigenvalue weighted by Gasteiger charge is 2.40. The van der Waals surface area contributed by atoms with Gasteiger partial charge < -0.3 is 17.7 Å². The third kappa shape index (κ3) is 4.91. The normalized spacial score (nSPS) is 9.82. The van der Waals surface area contributed by atoms with Crippen molar-refractivity contribution in [2.24, 2.45) is 0 Å². The van der Waals surface area contributed by atoms with E-state index in [1.807, 2.05) is 0 Å². The zero-order valence-corrected chi connectivity index (χ0v) is 8.36. The van der Waals surface area contributed by atoms with Crippen molar-refractivity contribution in [3.63, 3.8) is 0 Å². The van der Waals surface area contributed by atoms with Gasteiger partial charge in [-0.15, -0.1) is 12.4 Å². The summed E-state index contributed by atoms with van der Waals surface area (Å²) in [7, 11) is 3.26. The monoisotopic (exact) mass is 220 g/mol. The molecule has 0 saturated carbocycles. The van der Waals surface area contributed by atoms with Crippen LogP contribution in [0.25, 0.3) is 0 Å². The first-order valence-corrected chi connectivity index (χ1v) is 4.08. The van der Waals surface area contributed by atoms with Crippen molar-refractivity contribution in [3.8, 4) is 0 Å². The van der Waals surface area contributed by atoms with E-state index in [0.29, 0.717) is 0 Å². The molecule has 0 bridgehead atoms. The van der Waals surface area contributed by atoms with E-state index < -0.39 is 9.05 Å². The molecule has 0 aliphatic rings. The molecule has 0 aliphatic carbocycles. The lowest BCUT2D eigenvalue weighted by Gasteiger charge is -2.19. The molecule has 0 aromatic heterocycles. The molecule has 0 aromatic rings. The van der Waals surface area contributed by atoms with E-state index in [4.69, 9.17) is 17.7 Å². The van der Waals surface area contributed by atoms with E-state index in [0.717, 1.165) is 0 Å². The van der Waals surface area contributed by atoms with Gasteiger partial charge in [-0.3, -0.25) is 0 Å². The van der Waals surface area contributed by atoms with Crippen LogP contribution in [0.15, 0.2) is 0 Å². The van der Waals surface area contributed by atoms with Crippen molar-refractivity contribution in [1.82, 2.24) is 0 Å². The summed E-state index contributed by atoms with van der Waals surface area (Å²) < 4.78 is 19.4. The number of hydrogen-bond acceptors (Lipinski definition) is 4. The zero-order valence-electron chi connectivity index (χ0n) is 6.54. The van der Waals surface area contributed by atoms with Crippen LogP contribution >= 0.6 is 12.4 Å². The van der Waals surface area contributed by atoms with E-state index in [1.165, 1.54) is 28.4 Å². The Bertz CT molecular complexity index is 63.0. The predicted octanol–water partition coefficient (Wildman–Crippen LogP) is -1.02. The Balaban J connectivity index is -0.000000320. The standard InChI is InChI=1S/C4H12O4Si.ClH.H4Si/c1-5-9(6-2,7-3)8-4;;/h1-4H3;1H;1H4. The Morgan fingerprint density at radius 3 is 0.909 bits per heavy atom. The second-order valence-corrected chi connectivity index (χ2v) is 3.95. The zero-order chi connectivity index (χ0) is 7.33. The van der Waals surface area contributed by atoms with Gasteiger partial charge in [-0.25, -0.2) is 0 Å². The molecular formula is C4H17ClO4Si2. The summed E-state index contributed by atoms with van der Waals surface area (Å²) in [6, 6.07) is 0. The number of halogens is 1. The lowest BCUT2D eigenvalue weighted by Crippen LogP contribution is -2.45. The molecule has 0 amide bonds. The maximum Gasteiger partial charge on any atom is 0.678 e. The largest absolute Gasteiger partial charge is 0.678 e. The summed E-state index contributed by atoms with van der Waals surface area (Å²) in [5.41, 5.74) is 0. The Morgan fingerprint density at radius 2 is 0.909 bits per heavy atom. The molecule has 72 valence electrons. The van der Waals surface area contributed by atoms with E-state index in [-0.39, 0.29) is 23.4 Å². The molecule has 0 N–H and O–H groups in total. The minimum atomic E-state index is -2.69. The molecule has 0 aromatic carbocycles. The Labute approximate surface area is 79.1 Å². The van der Waals surface area contributed by atoms with E-state index in [1.54, 1.807) is 0 Å². The SMILES string of the molecule is CO[Si](OC)(OC)OC.Cl.[SiH4]. The third-order valence-corrected chi connectivity index (χ3v) is 3.00. The second-order valence-electron chi connectivity index (χ2n) is 1.32. The minimum Gasteiger partial charge on any atom is -0.355 e. The molecule has 0 atom stereocenters. The summed E-state index contributed by atoms with van der Waals surface area (Å²) in [5, 5.41) is 0. The first-order valence-electron chi connectivity index (χ1n) is 2.45. The maximum absolute atomic E-state index is 4.86. The maximum atomic E-state index is 4.86. The lowest BCUT2D eigenvalue weighted by molar-refractivity contribution is 0.0226. The van der Waals surface area contributed by atoms with Crippen molar-refractivity contribution >= 4 is 32.4 Å². The molecule has 0 saturated heterocycles. The molecule has 0 spiro atoms. The van der Waals surface area contributed by atoms with Gasteiger partial charge in [-0.1, -0.05) is 0 Å². The first-order chi connectivity index (χ1) is 4.24. The van der Waals surface area contributed by atoms with Crippen LogP contribution in [-0.4, -0.2) is 48.5 Å². The van der Waals surface area contributed by atoms with Crippen molar-refractivity contribution in [2.75, 3.05) is 28.4 Å². The van der Waals surface area contributed by atoms with Gasteiger partial charge >= 0.3 is 9.05 Å². The number of hydrogen-bond donors (Lipinski definition) is 0. The second kappa shape index (κ2) is 8.66. The fraction of sp³-hybridized carbons (Fsp3) is 1.00. The Morgan fingerprint density at radius 1 is 0.727 bits per heavy atom. The quantitative estimate of drug-likeness (QED) is 0.569. The summed E-state index contributed by atoms with van der Waals surface area (Å²) in [6.07, 6.45) is 0. The fourth-order valence-corrected chi connectivity index (χ4v) is 1.50. The van der Waals surface area contributed by atoms with E-state index >= 15 is 0 Å². The van der Waals surface area contributed by atoms with Crippen LogP contribution in [0.3, 0.4) is 0 Å². The van der Waals surface area contributed by atoms with Crippen molar-refractivity contribution in [1.29, 1.82) is 0 Å². The van der Waals surface area contributed by atoms with Crippen LogP contribution in [-0.2, 0) is 17.7 Å². The molecular weight excluding hydrogens is 204 g/mol. The third-order valence-electron chi connectivity index (χ3n) is 1.00. The highest BCUT2D eigenvalue weighted by Crippen LogP contribution is 2.04. The molecule has 0 unspecified atom stereocenters. The van der Waals surface area contributed by atoms with Crippen LogP contribution < -0.4 is 0 Å². The van der Waals surface area contributed by atoms with Gasteiger partial charge in [0, 0.05) is 28.4 Å². The molecule has 0 aliphatic heterocycles.